The molecule has 8 heteroatoms. The molecule has 0 aliphatic carbocycles. The summed E-state index contributed by atoms with van der Waals surface area (Å²) in [6, 6.07) is 6.94. The Hall–Kier alpha value is -2.06. The van der Waals surface area contributed by atoms with E-state index in [-0.39, 0.29) is 24.8 Å². The zero-order chi connectivity index (χ0) is 17.5. The number of para-hydroxylation sites is 1. The minimum absolute atomic E-state index is 0.0354. The van der Waals surface area contributed by atoms with Crippen LogP contribution >= 0.6 is 11.8 Å². The highest BCUT2D eigenvalue weighted by Crippen LogP contribution is 2.24. The van der Waals surface area contributed by atoms with Crippen molar-refractivity contribution in [2.45, 2.75) is 17.4 Å². The van der Waals surface area contributed by atoms with Crippen molar-refractivity contribution >= 4 is 35.2 Å². The lowest BCUT2D eigenvalue weighted by atomic mass is 10.1. The number of rotatable bonds is 6. The Morgan fingerprint density at radius 3 is 2.88 bits per heavy atom. The monoisotopic (exact) mass is 352 g/mol. The highest BCUT2D eigenvalue weighted by atomic mass is 32.2. The zero-order valence-electron chi connectivity index (χ0n) is 13.8. The summed E-state index contributed by atoms with van der Waals surface area (Å²) in [5, 5.41) is 5.61. The summed E-state index contributed by atoms with van der Waals surface area (Å²) in [6.07, 6.45) is 1.91. The Kier molecular flexibility index (Phi) is 6.62. The van der Waals surface area contributed by atoms with Crippen LogP contribution in [0.1, 0.15) is 6.42 Å². The molecule has 0 saturated carbocycles. The van der Waals surface area contributed by atoms with Gasteiger partial charge in [-0.15, -0.1) is 11.8 Å². The molecule has 1 unspecified atom stereocenters. The number of anilines is 1. The summed E-state index contributed by atoms with van der Waals surface area (Å²) in [6.45, 7) is 1.20. The first-order valence-electron chi connectivity index (χ1n) is 7.67. The lowest BCUT2D eigenvalue weighted by Gasteiger charge is -2.30. The van der Waals surface area contributed by atoms with Crippen molar-refractivity contribution in [3.63, 3.8) is 0 Å². The Morgan fingerprint density at radius 2 is 2.17 bits per heavy atom. The van der Waals surface area contributed by atoms with Crippen molar-refractivity contribution in [1.82, 2.24) is 5.32 Å². The molecule has 0 aromatic heterocycles. The van der Waals surface area contributed by atoms with Gasteiger partial charge >= 0.3 is 5.97 Å². The van der Waals surface area contributed by atoms with Gasteiger partial charge in [-0.05, 0) is 18.4 Å². The van der Waals surface area contributed by atoms with E-state index in [1.54, 1.807) is 11.8 Å². The number of amides is 2. The average Bonchev–Trinajstić information content (AvgIpc) is 2.58. The first kappa shape index (κ1) is 18.3. The van der Waals surface area contributed by atoms with Gasteiger partial charge in [0.25, 0.3) is 11.8 Å². The number of ether oxygens (including phenoxy) is 1. The van der Waals surface area contributed by atoms with Gasteiger partial charge in [-0.25, -0.2) is 0 Å². The summed E-state index contributed by atoms with van der Waals surface area (Å²) < 4.78 is 4.64. The van der Waals surface area contributed by atoms with E-state index in [0.29, 0.717) is 13.1 Å². The highest BCUT2D eigenvalue weighted by molar-refractivity contribution is 7.98. The van der Waals surface area contributed by atoms with Gasteiger partial charge in [0.1, 0.15) is 6.42 Å². The topological polar surface area (TPSA) is 88.9 Å². The standard InChI is InChI=1S/C16H21N3O4S/c1-23-15(21)9-12-16(22)17-7-8-19(12)10-14(20)18-11-5-3-4-6-13(11)24-2/h3-6,12H,7-10H2,1-2H3,(H,17,22)(H,18,20)/p+1/t12-/m0/s1. The number of thioether (sulfide) groups is 1. The van der Waals surface area contributed by atoms with E-state index in [1.807, 2.05) is 30.5 Å². The molecular weight excluding hydrogens is 330 g/mol. The van der Waals surface area contributed by atoms with E-state index >= 15 is 0 Å². The van der Waals surface area contributed by atoms with Crippen LogP contribution in [0.5, 0.6) is 0 Å². The van der Waals surface area contributed by atoms with E-state index in [2.05, 4.69) is 15.4 Å². The first-order chi connectivity index (χ1) is 11.5. The minimum atomic E-state index is -0.604. The van der Waals surface area contributed by atoms with Crippen LogP contribution in [0.25, 0.3) is 0 Å². The van der Waals surface area contributed by atoms with E-state index in [4.69, 9.17) is 0 Å². The molecule has 24 heavy (non-hydrogen) atoms. The lowest BCUT2D eigenvalue weighted by molar-refractivity contribution is -0.909. The maximum absolute atomic E-state index is 12.4. The smallest absolute Gasteiger partial charge is 0.312 e. The van der Waals surface area contributed by atoms with Crippen molar-refractivity contribution in [2.75, 3.05) is 38.3 Å². The molecule has 1 aliphatic rings. The molecule has 1 aliphatic heterocycles. The number of carbonyl (C=O) groups excluding carboxylic acids is 3. The number of esters is 1. The number of hydrogen-bond acceptors (Lipinski definition) is 5. The lowest BCUT2D eigenvalue weighted by Crippen LogP contribution is -3.20. The van der Waals surface area contributed by atoms with Crippen LogP contribution in [0.4, 0.5) is 5.69 Å². The maximum Gasteiger partial charge on any atom is 0.312 e. The van der Waals surface area contributed by atoms with E-state index < -0.39 is 12.0 Å². The van der Waals surface area contributed by atoms with Gasteiger partial charge in [0.2, 0.25) is 0 Å². The predicted molar refractivity (Wildman–Crippen MR) is 91.0 cm³/mol. The van der Waals surface area contributed by atoms with Crippen LogP contribution in [-0.2, 0) is 19.1 Å². The second kappa shape index (κ2) is 8.70. The maximum atomic E-state index is 12.4. The molecule has 2 atom stereocenters. The minimum Gasteiger partial charge on any atom is -0.469 e. The van der Waals surface area contributed by atoms with Crippen molar-refractivity contribution in [3.05, 3.63) is 24.3 Å². The SMILES string of the molecule is COC(=O)C[C@H]1C(=O)NCC[NH+]1CC(=O)Nc1ccccc1SC. The Balaban J connectivity index is 2.02. The fourth-order valence-electron chi connectivity index (χ4n) is 2.68. The quantitative estimate of drug-likeness (QED) is 0.465. The highest BCUT2D eigenvalue weighted by Gasteiger charge is 2.36. The van der Waals surface area contributed by atoms with Gasteiger partial charge < -0.3 is 20.3 Å². The molecule has 1 aromatic carbocycles. The van der Waals surface area contributed by atoms with Crippen molar-refractivity contribution in [3.8, 4) is 0 Å². The fraction of sp³-hybridized carbons (Fsp3) is 0.438. The number of methoxy groups -OCH3 is 1. The second-order valence-corrected chi connectivity index (χ2v) is 6.31. The van der Waals surface area contributed by atoms with Gasteiger partial charge in [-0.2, -0.15) is 0 Å². The molecule has 1 saturated heterocycles. The van der Waals surface area contributed by atoms with Crippen molar-refractivity contribution < 1.29 is 24.0 Å². The number of carbonyl (C=O) groups is 3. The number of hydrogen-bond donors (Lipinski definition) is 3. The van der Waals surface area contributed by atoms with Gasteiger partial charge in [0.15, 0.2) is 12.6 Å². The molecule has 0 spiro atoms. The van der Waals surface area contributed by atoms with Crippen LogP contribution in [0.15, 0.2) is 29.2 Å². The van der Waals surface area contributed by atoms with Crippen LogP contribution < -0.4 is 15.5 Å². The van der Waals surface area contributed by atoms with Crippen LogP contribution in [-0.4, -0.2) is 56.8 Å². The van der Waals surface area contributed by atoms with Gasteiger partial charge in [-0.1, -0.05) is 12.1 Å². The Bertz CT molecular complexity index is 623. The second-order valence-electron chi connectivity index (χ2n) is 5.46. The summed E-state index contributed by atoms with van der Waals surface area (Å²) in [5.41, 5.74) is 0.750. The molecule has 1 aromatic rings. The van der Waals surface area contributed by atoms with Crippen molar-refractivity contribution in [2.24, 2.45) is 0 Å². The molecule has 1 fully saturated rings. The molecule has 7 nitrogen and oxygen atoms in total. The molecule has 2 amide bonds. The fourth-order valence-corrected chi connectivity index (χ4v) is 3.23. The average molecular weight is 352 g/mol. The predicted octanol–water partition coefficient (Wildman–Crippen LogP) is -0.707. The normalized spacial score (nSPS) is 20.2. The Labute approximate surface area is 145 Å². The van der Waals surface area contributed by atoms with E-state index in [0.717, 1.165) is 15.5 Å². The third kappa shape index (κ3) is 4.72. The summed E-state index contributed by atoms with van der Waals surface area (Å²) in [5.74, 6) is -0.863. The zero-order valence-corrected chi connectivity index (χ0v) is 14.6. The van der Waals surface area contributed by atoms with E-state index in [1.165, 1.54) is 7.11 Å². The van der Waals surface area contributed by atoms with Gasteiger partial charge in [0.05, 0.1) is 25.9 Å². The Morgan fingerprint density at radius 1 is 1.42 bits per heavy atom. The number of benzene rings is 1. The van der Waals surface area contributed by atoms with Crippen LogP contribution in [0.3, 0.4) is 0 Å². The molecule has 2 rings (SSSR count). The first-order valence-corrected chi connectivity index (χ1v) is 8.89. The van der Waals surface area contributed by atoms with Gasteiger partial charge in [-0.3, -0.25) is 14.4 Å². The molecule has 3 N–H and O–H groups in total. The third-order valence-corrected chi connectivity index (χ3v) is 4.72. The molecular formula is C16H22N3O4S+. The van der Waals surface area contributed by atoms with Crippen molar-refractivity contribution in [1.29, 1.82) is 0 Å². The number of quaternary nitrogens is 1. The van der Waals surface area contributed by atoms with Crippen LogP contribution in [0.2, 0.25) is 0 Å². The molecule has 0 bridgehead atoms. The summed E-state index contributed by atoms with van der Waals surface area (Å²) >= 11 is 1.55. The molecule has 1 heterocycles. The number of nitrogens with one attached hydrogen (secondary N) is 3. The third-order valence-electron chi connectivity index (χ3n) is 3.92. The summed E-state index contributed by atoms with van der Waals surface area (Å²) in [4.78, 5) is 37.6. The van der Waals surface area contributed by atoms with Gasteiger partial charge in [0, 0.05) is 4.90 Å². The van der Waals surface area contributed by atoms with E-state index in [9.17, 15) is 14.4 Å². The molecule has 130 valence electrons. The number of piperazine rings is 1. The molecule has 0 radical (unpaired) electrons. The van der Waals surface area contributed by atoms with Crippen LogP contribution in [0, 0.1) is 0 Å². The summed E-state index contributed by atoms with van der Waals surface area (Å²) in [7, 11) is 1.29. The largest absolute Gasteiger partial charge is 0.469 e.